The Hall–Kier alpha value is -2.57. The Kier molecular flexibility index (Phi) is 5.68. The number of sulfone groups is 1. The number of Topliss-reactive ketones (excluding diaryl/α,β-unsaturated/α-hetero) is 1. The number of halogens is 2. The van der Waals surface area contributed by atoms with Gasteiger partial charge in [0.2, 0.25) is 15.6 Å². The van der Waals surface area contributed by atoms with Crippen molar-refractivity contribution < 1.29 is 17.6 Å². The van der Waals surface area contributed by atoms with Gasteiger partial charge in [-0.15, -0.1) is 0 Å². The van der Waals surface area contributed by atoms with Crippen molar-refractivity contribution in [2.75, 3.05) is 0 Å². The van der Waals surface area contributed by atoms with Crippen molar-refractivity contribution in [2.45, 2.75) is 4.90 Å². The maximum atomic E-state index is 13.2. The minimum Gasteiger partial charge on any atom is -0.288 e. The monoisotopic (exact) mass is 444 g/mol. The van der Waals surface area contributed by atoms with Crippen LogP contribution < -0.4 is 0 Å². The van der Waals surface area contributed by atoms with Gasteiger partial charge >= 0.3 is 0 Å². The van der Waals surface area contributed by atoms with E-state index < -0.39 is 21.4 Å². The standard InChI is InChI=1S/C21H14BrFO3S/c22-17-8-12-19(13-9-17)27(25,26)20(14-15-6-10-18(23)11-7-15)21(24)16-4-2-1-3-5-16/h1-14H/b20-14-. The van der Waals surface area contributed by atoms with Crippen molar-refractivity contribution in [3.8, 4) is 0 Å². The minimum atomic E-state index is -4.08. The summed E-state index contributed by atoms with van der Waals surface area (Å²) in [5.74, 6) is -1.07. The third-order valence-electron chi connectivity index (χ3n) is 3.84. The molecule has 0 aromatic heterocycles. The van der Waals surface area contributed by atoms with Gasteiger partial charge in [0.15, 0.2) is 0 Å². The number of hydrogen-bond donors (Lipinski definition) is 0. The Balaban J connectivity index is 2.16. The zero-order valence-corrected chi connectivity index (χ0v) is 16.4. The lowest BCUT2D eigenvalue weighted by molar-refractivity contribution is 0.104. The summed E-state index contributed by atoms with van der Waals surface area (Å²) in [6, 6.07) is 19.5. The fourth-order valence-corrected chi connectivity index (χ4v) is 4.11. The molecule has 0 N–H and O–H groups in total. The van der Waals surface area contributed by atoms with E-state index in [2.05, 4.69) is 15.9 Å². The van der Waals surface area contributed by atoms with Crippen LogP contribution in [0, 0.1) is 5.82 Å². The first-order valence-corrected chi connectivity index (χ1v) is 10.2. The first-order chi connectivity index (χ1) is 12.9. The van der Waals surface area contributed by atoms with E-state index in [0.29, 0.717) is 5.56 Å². The van der Waals surface area contributed by atoms with Crippen LogP contribution in [0.1, 0.15) is 15.9 Å². The fourth-order valence-electron chi connectivity index (χ4n) is 2.45. The molecular weight excluding hydrogens is 431 g/mol. The lowest BCUT2D eigenvalue weighted by atomic mass is 10.1. The average molecular weight is 445 g/mol. The minimum absolute atomic E-state index is 0.00310. The summed E-state index contributed by atoms with van der Waals surface area (Å²) in [5, 5.41) is 0. The topological polar surface area (TPSA) is 51.2 Å². The number of hydrogen-bond acceptors (Lipinski definition) is 3. The highest BCUT2D eigenvalue weighted by atomic mass is 79.9. The zero-order valence-electron chi connectivity index (χ0n) is 14.0. The Morgan fingerprint density at radius 1 is 0.852 bits per heavy atom. The van der Waals surface area contributed by atoms with Crippen molar-refractivity contribution in [3.05, 3.63) is 105 Å². The molecule has 0 amide bonds. The molecule has 0 fully saturated rings. The highest BCUT2D eigenvalue weighted by Crippen LogP contribution is 2.26. The first kappa shape index (κ1) is 19.2. The van der Waals surface area contributed by atoms with Crippen LogP contribution >= 0.6 is 15.9 Å². The lowest BCUT2D eigenvalue weighted by Gasteiger charge is -2.10. The number of carbonyl (C=O) groups is 1. The Labute approximate surface area is 165 Å². The Morgan fingerprint density at radius 2 is 1.44 bits per heavy atom. The maximum Gasteiger partial charge on any atom is 0.210 e. The molecule has 27 heavy (non-hydrogen) atoms. The lowest BCUT2D eigenvalue weighted by Crippen LogP contribution is -2.14. The van der Waals surface area contributed by atoms with E-state index in [4.69, 9.17) is 0 Å². The molecule has 0 saturated carbocycles. The summed E-state index contributed by atoms with van der Waals surface area (Å²) in [6.07, 6.45) is 1.27. The van der Waals surface area contributed by atoms with Gasteiger partial charge in [-0.25, -0.2) is 12.8 Å². The normalized spacial score (nSPS) is 12.0. The molecule has 0 radical (unpaired) electrons. The second-order valence-electron chi connectivity index (χ2n) is 5.71. The van der Waals surface area contributed by atoms with E-state index in [9.17, 15) is 17.6 Å². The first-order valence-electron chi connectivity index (χ1n) is 7.95. The molecule has 3 rings (SSSR count). The number of carbonyl (C=O) groups excluding carboxylic acids is 1. The molecule has 0 spiro atoms. The van der Waals surface area contributed by atoms with Gasteiger partial charge in [-0.2, -0.15) is 0 Å². The van der Waals surface area contributed by atoms with Crippen LogP contribution in [0.2, 0.25) is 0 Å². The zero-order chi connectivity index (χ0) is 19.4. The molecule has 136 valence electrons. The van der Waals surface area contributed by atoms with Crippen LogP contribution in [0.4, 0.5) is 4.39 Å². The molecular formula is C21H14BrFO3S. The van der Waals surface area contributed by atoms with E-state index in [1.54, 1.807) is 42.5 Å². The third kappa shape index (κ3) is 4.40. The fraction of sp³-hybridized carbons (Fsp3) is 0. The second kappa shape index (κ2) is 7.98. The van der Waals surface area contributed by atoms with E-state index in [0.717, 1.165) is 4.47 Å². The predicted octanol–water partition coefficient (Wildman–Crippen LogP) is 5.29. The molecule has 0 aliphatic rings. The summed E-state index contributed by atoms with van der Waals surface area (Å²) in [6.45, 7) is 0. The van der Waals surface area contributed by atoms with Gasteiger partial charge < -0.3 is 0 Å². The molecule has 0 heterocycles. The molecule has 0 aliphatic carbocycles. The van der Waals surface area contributed by atoms with Crippen LogP contribution in [0.3, 0.4) is 0 Å². The summed E-state index contributed by atoms with van der Waals surface area (Å²) in [4.78, 5) is 12.6. The van der Waals surface area contributed by atoms with Crippen molar-refractivity contribution in [1.82, 2.24) is 0 Å². The summed E-state index contributed by atoms with van der Waals surface area (Å²) in [7, 11) is -4.08. The predicted molar refractivity (Wildman–Crippen MR) is 106 cm³/mol. The van der Waals surface area contributed by atoms with Crippen LogP contribution in [-0.2, 0) is 9.84 Å². The summed E-state index contributed by atoms with van der Waals surface area (Å²) < 4.78 is 40.2. The Morgan fingerprint density at radius 3 is 2.04 bits per heavy atom. The smallest absolute Gasteiger partial charge is 0.210 e. The molecule has 3 aromatic carbocycles. The van der Waals surface area contributed by atoms with Crippen molar-refractivity contribution in [2.24, 2.45) is 0 Å². The van der Waals surface area contributed by atoms with Gasteiger partial charge in [-0.05, 0) is 48.0 Å². The van der Waals surface area contributed by atoms with Gasteiger partial charge in [-0.1, -0.05) is 58.4 Å². The highest BCUT2D eigenvalue weighted by Gasteiger charge is 2.28. The Bertz CT molecular complexity index is 1090. The number of benzene rings is 3. The molecule has 6 heteroatoms. The molecule has 3 aromatic rings. The van der Waals surface area contributed by atoms with Gasteiger partial charge in [0.1, 0.15) is 10.7 Å². The maximum absolute atomic E-state index is 13.2. The van der Waals surface area contributed by atoms with Gasteiger partial charge in [0.25, 0.3) is 0 Å². The van der Waals surface area contributed by atoms with Crippen LogP contribution in [0.25, 0.3) is 6.08 Å². The van der Waals surface area contributed by atoms with E-state index in [-0.39, 0.29) is 15.4 Å². The van der Waals surface area contributed by atoms with Crippen LogP contribution in [0.15, 0.2) is 93.1 Å². The van der Waals surface area contributed by atoms with E-state index in [1.807, 2.05) is 0 Å². The quantitative estimate of drug-likeness (QED) is 0.396. The SMILES string of the molecule is O=C(/C(=C/c1ccc(F)cc1)S(=O)(=O)c1ccc(Br)cc1)c1ccccc1. The number of rotatable bonds is 5. The van der Waals surface area contributed by atoms with Crippen LogP contribution in [-0.4, -0.2) is 14.2 Å². The van der Waals surface area contributed by atoms with Gasteiger partial charge in [-0.3, -0.25) is 4.79 Å². The molecule has 0 bridgehead atoms. The van der Waals surface area contributed by atoms with Crippen molar-refractivity contribution in [3.63, 3.8) is 0 Å². The summed E-state index contributed by atoms with van der Waals surface area (Å²) in [5.41, 5.74) is 0.669. The van der Waals surface area contributed by atoms with Crippen molar-refractivity contribution in [1.29, 1.82) is 0 Å². The van der Waals surface area contributed by atoms with Crippen molar-refractivity contribution >= 4 is 37.6 Å². The highest BCUT2D eigenvalue weighted by molar-refractivity contribution is 9.10. The largest absolute Gasteiger partial charge is 0.288 e. The van der Waals surface area contributed by atoms with E-state index >= 15 is 0 Å². The second-order valence-corrected chi connectivity index (χ2v) is 8.55. The van der Waals surface area contributed by atoms with Crippen LogP contribution in [0.5, 0.6) is 0 Å². The molecule has 0 unspecified atom stereocenters. The van der Waals surface area contributed by atoms with Gasteiger partial charge in [0.05, 0.1) is 4.90 Å². The molecule has 0 saturated heterocycles. The van der Waals surface area contributed by atoms with E-state index in [1.165, 1.54) is 42.5 Å². The summed E-state index contributed by atoms with van der Waals surface area (Å²) >= 11 is 3.26. The van der Waals surface area contributed by atoms with Gasteiger partial charge in [0, 0.05) is 10.0 Å². The molecule has 0 aliphatic heterocycles. The molecule has 3 nitrogen and oxygen atoms in total. The number of allylic oxidation sites excluding steroid dienone is 1. The molecule has 0 atom stereocenters. The number of ketones is 1. The average Bonchev–Trinajstić information content (AvgIpc) is 2.68. The third-order valence-corrected chi connectivity index (χ3v) is 6.14.